The molecule has 8 heteroatoms. The van der Waals surface area contributed by atoms with E-state index in [0.29, 0.717) is 0 Å². The van der Waals surface area contributed by atoms with Gasteiger partial charge in [0.2, 0.25) is 0 Å². The third kappa shape index (κ3) is 492. The molecule has 96 valence electrons. The Morgan fingerprint density at radius 2 is 0.615 bits per heavy atom. The summed E-state index contributed by atoms with van der Waals surface area (Å²) < 4.78 is 0. The topological polar surface area (TPSA) is 0 Å². The lowest BCUT2D eigenvalue weighted by molar-refractivity contribution is 0.772. The van der Waals surface area contributed by atoms with E-state index in [1.807, 2.05) is 0 Å². The Labute approximate surface area is 72.0 Å². The van der Waals surface area contributed by atoms with E-state index in [-0.39, 0.29) is 37.6 Å². The molecule has 0 aromatic heterocycles. The lowest BCUT2D eigenvalue weighted by atomic mass is 10.3. The van der Waals surface area contributed by atoms with Crippen molar-refractivity contribution in [1.82, 2.24) is 0 Å². The van der Waals surface area contributed by atoms with E-state index in [1.54, 1.807) is 0 Å². The number of rotatable bonds is 2. The zero-order chi connectivity index (χ0) is 4.12. The van der Waals surface area contributed by atoms with Crippen LogP contribution in [0.25, 0.3) is 0 Å². The van der Waals surface area contributed by atoms with Crippen molar-refractivity contribution in [2.45, 2.75) is 33.1 Å². The highest BCUT2D eigenvalue weighted by Gasteiger charge is 1.68. The summed E-state index contributed by atoms with van der Waals surface area (Å²) in [6.07, 6.45) is 4.08. The summed E-state index contributed by atoms with van der Waals surface area (Å²) in [5.74, 6) is 0. The molecule has 0 aliphatic heterocycles. The second-order valence-corrected chi connectivity index (χ2v) is 1.35. The van der Waals surface area contributed by atoms with Crippen molar-refractivity contribution in [3.63, 3.8) is 0 Å². The molecule has 0 bridgehead atoms. The van der Waals surface area contributed by atoms with Gasteiger partial charge < -0.3 is 0 Å². The molecule has 0 aliphatic rings. The molecule has 0 fully saturated rings. The quantitative estimate of drug-likeness (QED) is 0.640. The van der Waals surface area contributed by atoms with Gasteiger partial charge in [-0.3, -0.25) is 37.6 Å². The van der Waals surface area contributed by atoms with Crippen molar-refractivity contribution >= 4 is 0 Å². The Kier molecular flexibility index (Phi) is 2220. The van der Waals surface area contributed by atoms with Crippen molar-refractivity contribution in [1.29, 1.82) is 0 Å². The van der Waals surface area contributed by atoms with Crippen molar-refractivity contribution in [3.05, 3.63) is 0 Å². The molecule has 0 nitrogen and oxygen atoms in total. The summed E-state index contributed by atoms with van der Waals surface area (Å²) in [6, 6.07) is 0. The first-order chi connectivity index (χ1) is 2.41. The van der Waals surface area contributed by atoms with Gasteiger partial charge in [-0.25, -0.2) is 0 Å². The molecule has 13 heavy (non-hydrogen) atoms. The standard InChI is InChI=1S/C5H12.8FH/c1-3-5-4-2;;;;;;;;/h3-5H2,1-2H3;8*1H. The zero-order valence-electron chi connectivity index (χ0n) is 7.39. The van der Waals surface area contributed by atoms with Gasteiger partial charge in [0.15, 0.2) is 0 Å². The number of unbranched alkanes of at least 4 members (excludes halogenated alkanes) is 2. The van der Waals surface area contributed by atoms with Gasteiger partial charge in [-0.2, -0.15) is 0 Å². The van der Waals surface area contributed by atoms with E-state index in [4.69, 9.17) is 0 Å². The molecule has 0 atom stereocenters. The van der Waals surface area contributed by atoms with Crippen LogP contribution in [0, 0.1) is 0 Å². The van der Waals surface area contributed by atoms with Crippen LogP contribution in [-0.4, -0.2) is 0 Å². The lowest BCUT2D eigenvalue weighted by Gasteiger charge is -1.79. The van der Waals surface area contributed by atoms with Gasteiger partial charge in [0.05, 0.1) is 0 Å². The maximum Gasteiger partial charge on any atom is -0.0538 e. The highest BCUT2D eigenvalue weighted by Crippen LogP contribution is 1.88. The first kappa shape index (κ1) is 138. The molecule has 0 heterocycles. The van der Waals surface area contributed by atoms with Crippen LogP contribution < -0.4 is 0 Å². The molecule has 0 spiro atoms. The van der Waals surface area contributed by atoms with Crippen LogP contribution >= 0.6 is 0 Å². The molecule has 0 amide bonds. The summed E-state index contributed by atoms with van der Waals surface area (Å²) in [6.45, 7) is 4.42. The van der Waals surface area contributed by atoms with Crippen molar-refractivity contribution in [2.24, 2.45) is 0 Å². The van der Waals surface area contributed by atoms with Gasteiger partial charge >= 0.3 is 0 Å². The molecule has 0 unspecified atom stereocenters. The van der Waals surface area contributed by atoms with E-state index < -0.39 is 0 Å². The maximum absolute atomic E-state index is 2.21. The van der Waals surface area contributed by atoms with Crippen LogP contribution in [0.3, 0.4) is 0 Å². The minimum absolute atomic E-state index is 0. The largest absolute Gasteiger partial charge is 0.269 e. The molecule has 0 radical (unpaired) electrons. The van der Waals surface area contributed by atoms with Crippen LogP contribution in [-0.2, 0) is 0 Å². The first-order valence-corrected chi connectivity index (χ1v) is 2.41. The summed E-state index contributed by atoms with van der Waals surface area (Å²) in [7, 11) is 0. The molecule has 0 aromatic carbocycles. The number of halogens is 8. The Balaban J connectivity index is -0.00000000286. The monoisotopic (exact) mass is 232 g/mol. The Morgan fingerprint density at radius 1 is 0.462 bits per heavy atom. The van der Waals surface area contributed by atoms with E-state index in [9.17, 15) is 0 Å². The summed E-state index contributed by atoms with van der Waals surface area (Å²) in [4.78, 5) is 0. The normalized spacial score (nSPS) is 3.23. The molecule has 0 N–H and O–H groups in total. The second-order valence-electron chi connectivity index (χ2n) is 1.35. The van der Waals surface area contributed by atoms with Crippen molar-refractivity contribution in [2.75, 3.05) is 0 Å². The van der Waals surface area contributed by atoms with Gasteiger partial charge in [-0.1, -0.05) is 33.1 Å². The van der Waals surface area contributed by atoms with Gasteiger partial charge in [0.1, 0.15) is 0 Å². The van der Waals surface area contributed by atoms with Crippen LogP contribution in [0.4, 0.5) is 37.6 Å². The molecular weight excluding hydrogens is 212 g/mol. The molecule has 0 aromatic rings. The average molecular weight is 232 g/mol. The molecule has 0 aliphatic carbocycles. The predicted octanol–water partition coefficient (Wildman–Crippen LogP) is 3.42. The minimum Gasteiger partial charge on any atom is -0.269 e. The first-order valence-electron chi connectivity index (χ1n) is 2.41. The Hall–Kier alpha value is -0.560. The fraction of sp³-hybridized carbons (Fsp3) is 1.00. The van der Waals surface area contributed by atoms with E-state index >= 15 is 0 Å². The van der Waals surface area contributed by atoms with Crippen LogP contribution in [0.15, 0.2) is 0 Å². The minimum atomic E-state index is 0. The fourth-order valence-corrected chi connectivity index (χ4v) is 0.354. The van der Waals surface area contributed by atoms with Gasteiger partial charge in [-0.15, -0.1) is 0 Å². The number of hydrogen-bond donors (Lipinski definition) is 0. The Morgan fingerprint density at radius 3 is 0.615 bits per heavy atom. The smallest absolute Gasteiger partial charge is 0.0538 e. The summed E-state index contributed by atoms with van der Waals surface area (Å²) in [5.41, 5.74) is 0. The fourth-order valence-electron chi connectivity index (χ4n) is 0.354. The van der Waals surface area contributed by atoms with E-state index in [1.165, 1.54) is 19.3 Å². The van der Waals surface area contributed by atoms with Gasteiger partial charge in [-0.05, 0) is 0 Å². The SMILES string of the molecule is CCCCC.F.F.F.F.F.F.F.F. The highest BCUT2D eigenvalue weighted by atomic mass is 19.0. The van der Waals surface area contributed by atoms with Gasteiger partial charge in [0, 0.05) is 0 Å². The average Bonchev–Trinajstić information content (AvgIpc) is 1.41. The number of hydrogen-bond acceptors (Lipinski definition) is 0. The molecule has 0 rings (SSSR count). The Bertz CT molecular complexity index is 20.0. The predicted molar refractivity (Wildman–Crippen MR) is 45.2 cm³/mol. The third-order valence-corrected chi connectivity index (χ3v) is 0.707. The maximum atomic E-state index is 2.21. The lowest BCUT2D eigenvalue weighted by Crippen LogP contribution is -1.59. The summed E-state index contributed by atoms with van der Waals surface area (Å²) >= 11 is 0. The van der Waals surface area contributed by atoms with Crippen LogP contribution in [0.1, 0.15) is 33.1 Å². The molecule has 0 saturated carbocycles. The van der Waals surface area contributed by atoms with Gasteiger partial charge in [0.25, 0.3) is 0 Å². The van der Waals surface area contributed by atoms with Crippen molar-refractivity contribution < 1.29 is 37.6 Å². The highest BCUT2D eigenvalue weighted by molar-refractivity contribution is 4.24. The van der Waals surface area contributed by atoms with E-state index in [2.05, 4.69) is 13.8 Å². The third-order valence-electron chi connectivity index (χ3n) is 0.707. The van der Waals surface area contributed by atoms with E-state index in [0.717, 1.165) is 0 Å². The molecule has 0 saturated heterocycles. The summed E-state index contributed by atoms with van der Waals surface area (Å²) in [5, 5.41) is 0. The molecular formula is C5H20F8. The van der Waals surface area contributed by atoms with Crippen LogP contribution in [0.2, 0.25) is 0 Å². The van der Waals surface area contributed by atoms with Crippen LogP contribution in [0.5, 0.6) is 0 Å². The second kappa shape index (κ2) is 209. The zero-order valence-corrected chi connectivity index (χ0v) is 7.39. The van der Waals surface area contributed by atoms with Crippen molar-refractivity contribution in [3.8, 4) is 0 Å².